The van der Waals surface area contributed by atoms with E-state index in [1.54, 1.807) is 13.0 Å². The number of imide groups is 1. The first-order chi connectivity index (χ1) is 15.4. The topological polar surface area (TPSA) is 92.5 Å². The van der Waals surface area contributed by atoms with Crippen LogP contribution in [-0.2, 0) is 16.0 Å². The highest BCUT2D eigenvalue weighted by atomic mass is 32.2. The van der Waals surface area contributed by atoms with Gasteiger partial charge in [-0.1, -0.05) is 18.2 Å². The molecule has 2 aromatic heterocycles. The third-order valence-corrected chi connectivity index (χ3v) is 6.42. The van der Waals surface area contributed by atoms with Gasteiger partial charge in [0, 0.05) is 13.1 Å². The van der Waals surface area contributed by atoms with Crippen LogP contribution in [0.15, 0.2) is 51.1 Å². The SMILES string of the molecule is Cc1oc(-c2cccs2)nc1CC(=O)NCCN1C(=O)S/C(=C\c2ccc(F)cc2)C1=O. The molecule has 1 aliphatic rings. The summed E-state index contributed by atoms with van der Waals surface area (Å²) in [6.45, 7) is 1.92. The van der Waals surface area contributed by atoms with Gasteiger partial charge < -0.3 is 9.73 Å². The number of halogens is 1. The second-order valence-electron chi connectivity index (χ2n) is 6.91. The number of thioether (sulfide) groups is 1. The smallest absolute Gasteiger partial charge is 0.293 e. The van der Waals surface area contributed by atoms with Crippen LogP contribution in [0, 0.1) is 12.7 Å². The number of hydrogen-bond donors (Lipinski definition) is 1. The molecular formula is C22H18FN3O4S2. The number of aryl methyl sites for hydroxylation is 1. The van der Waals surface area contributed by atoms with Gasteiger partial charge in [0.2, 0.25) is 11.8 Å². The number of benzene rings is 1. The average molecular weight is 472 g/mol. The Morgan fingerprint density at radius 3 is 2.75 bits per heavy atom. The van der Waals surface area contributed by atoms with Crippen LogP contribution < -0.4 is 5.32 Å². The summed E-state index contributed by atoms with van der Waals surface area (Å²) in [5.41, 5.74) is 1.16. The van der Waals surface area contributed by atoms with Gasteiger partial charge in [0.05, 0.1) is 21.9 Å². The van der Waals surface area contributed by atoms with Crippen LogP contribution in [0.3, 0.4) is 0 Å². The van der Waals surface area contributed by atoms with E-state index in [0.29, 0.717) is 22.9 Å². The van der Waals surface area contributed by atoms with E-state index in [-0.39, 0.29) is 36.1 Å². The van der Waals surface area contributed by atoms with Crippen molar-refractivity contribution < 1.29 is 23.2 Å². The van der Waals surface area contributed by atoms with Crippen molar-refractivity contribution in [1.82, 2.24) is 15.2 Å². The molecule has 10 heteroatoms. The lowest BCUT2D eigenvalue weighted by Gasteiger charge is -2.12. The molecule has 3 aromatic rings. The molecule has 3 heterocycles. The Hall–Kier alpha value is -3.24. The predicted molar refractivity (Wildman–Crippen MR) is 120 cm³/mol. The molecule has 32 heavy (non-hydrogen) atoms. The van der Waals surface area contributed by atoms with Crippen molar-refractivity contribution in [3.8, 4) is 10.8 Å². The van der Waals surface area contributed by atoms with Crippen LogP contribution in [0.2, 0.25) is 0 Å². The van der Waals surface area contributed by atoms with E-state index in [1.807, 2.05) is 17.5 Å². The molecule has 0 spiro atoms. The van der Waals surface area contributed by atoms with Crippen LogP contribution in [0.4, 0.5) is 9.18 Å². The molecule has 3 amide bonds. The third kappa shape index (κ3) is 4.97. The van der Waals surface area contributed by atoms with Crippen molar-refractivity contribution in [3.05, 3.63) is 69.5 Å². The maximum Gasteiger partial charge on any atom is 0.293 e. The van der Waals surface area contributed by atoms with Gasteiger partial charge in [-0.05, 0) is 53.9 Å². The fourth-order valence-corrected chi connectivity index (χ4v) is 4.54. The van der Waals surface area contributed by atoms with Crippen molar-refractivity contribution in [3.63, 3.8) is 0 Å². The molecule has 1 fully saturated rings. The highest BCUT2D eigenvalue weighted by Crippen LogP contribution is 2.32. The first-order valence-electron chi connectivity index (χ1n) is 9.68. The normalized spacial score (nSPS) is 15.1. The van der Waals surface area contributed by atoms with Crippen LogP contribution in [-0.4, -0.2) is 40.0 Å². The van der Waals surface area contributed by atoms with Gasteiger partial charge in [0.15, 0.2) is 0 Å². The van der Waals surface area contributed by atoms with E-state index in [9.17, 15) is 18.8 Å². The molecule has 0 atom stereocenters. The second kappa shape index (κ2) is 9.49. The fourth-order valence-electron chi connectivity index (χ4n) is 3.02. The van der Waals surface area contributed by atoms with E-state index >= 15 is 0 Å². The van der Waals surface area contributed by atoms with Gasteiger partial charge >= 0.3 is 0 Å². The maximum absolute atomic E-state index is 13.0. The highest BCUT2D eigenvalue weighted by molar-refractivity contribution is 8.18. The number of carbonyl (C=O) groups excluding carboxylic acids is 3. The van der Waals surface area contributed by atoms with E-state index in [1.165, 1.54) is 35.6 Å². The number of hydrogen-bond acceptors (Lipinski definition) is 7. The number of carbonyl (C=O) groups is 3. The summed E-state index contributed by atoms with van der Waals surface area (Å²) in [6.07, 6.45) is 1.58. The van der Waals surface area contributed by atoms with Crippen molar-refractivity contribution in [2.24, 2.45) is 0 Å². The van der Waals surface area contributed by atoms with E-state index in [0.717, 1.165) is 21.5 Å². The maximum atomic E-state index is 13.0. The van der Waals surface area contributed by atoms with Gasteiger partial charge in [-0.3, -0.25) is 19.3 Å². The van der Waals surface area contributed by atoms with Gasteiger partial charge in [-0.25, -0.2) is 9.37 Å². The quantitative estimate of drug-likeness (QED) is 0.518. The van der Waals surface area contributed by atoms with Crippen molar-refractivity contribution in [2.75, 3.05) is 13.1 Å². The number of thiophene rings is 1. The largest absolute Gasteiger partial charge is 0.440 e. The number of amides is 3. The Balaban J connectivity index is 1.30. The van der Waals surface area contributed by atoms with Crippen molar-refractivity contribution >= 4 is 46.2 Å². The summed E-state index contributed by atoms with van der Waals surface area (Å²) in [5.74, 6) is -0.0551. The number of nitrogens with zero attached hydrogens (tertiary/aromatic N) is 2. The summed E-state index contributed by atoms with van der Waals surface area (Å²) >= 11 is 2.31. The fraction of sp³-hybridized carbons (Fsp3) is 0.182. The van der Waals surface area contributed by atoms with E-state index in [4.69, 9.17) is 4.42 Å². The summed E-state index contributed by atoms with van der Waals surface area (Å²) in [6, 6.07) is 9.40. The molecule has 1 saturated heterocycles. The van der Waals surface area contributed by atoms with Crippen LogP contribution in [0.1, 0.15) is 17.0 Å². The molecule has 1 aromatic carbocycles. The first-order valence-corrected chi connectivity index (χ1v) is 11.4. The van der Waals surface area contributed by atoms with Crippen molar-refractivity contribution in [2.45, 2.75) is 13.3 Å². The van der Waals surface area contributed by atoms with Crippen LogP contribution in [0.5, 0.6) is 0 Å². The minimum atomic E-state index is -0.438. The zero-order valence-electron chi connectivity index (χ0n) is 17.0. The monoisotopic (exact) mass is 471 g/mol. The molecule has 0 saturated carbocycles. The van der Waals surface area contributed by atoms with Crippen LogP contribution >= 0.6 is 23.1 Å². The lowest BCUT2D eigenvalue weighted by atomic mass is 10.2. The number of oxazole rings is 1. The third-order valence-electron chi connectivity index (χ3n) is 4.65. The summed E-state index contributed by atoms with van der Waals surface area (Å²) in [7, 11) is 0. The van der Waals surface area contributed by atoms with Gasteiger partial charge in [0.25, 0.3) is 11.1 Å². The lowest BCUT2D eigenvalue weighted by molar-refractivity contribution is -0.124. The summed E-state index contributed by atoms with van der Waals surface area (Å²) in [5, 5.41) is 4.21. The second-order valence-corrected chi connectivity index (χ2v) is 8.85. The number of nitrogens with one attached hydrogen (secondary N) is 1. The lowest BCUT2D eigenvalue weighted by Crippen LogP contribution is -2.37. The Labute approximate surface area is 191 Å². The molecule has 164 valence electrons. The zero-order valence-corrected chi connectivity index (χ0v) is 18.6. The summed E-state index contributed by atoms with van der Waals surface area (Å²) in [4.78, 5) is 43.6. The Morgan fingerprint density at radius 1 is 1.25 bits per heavy atom. The van der Waals surface area contributed by atoms with Gasteiger partial charge in [0.1, 0.15) is 11.6 Å². The Morgan fingerprint density at radius 2 is 2.03 bits per heavy atom. The molecule has 0 unspecified atom stereocenters. The number of aromatic nitrogens is 1. The highest BCUT2D eigenvalue weighted by Gasteiger charge is 2.34. The average Bonchev–Trinajstić information content (AvgIpc) is 3.47. The molecule has 0 bridgehead atoms. The minimum absolute atomic E-state index is 0.0348. The first kappa shape index (κ1) is 22.0. The molecule has 1 aliphatic heterocycles. The zero-order chi connectivity index (χ0) is 22.7. The molecule has 0 radical (unpaired) electrons. The molecule has 1 N–H and O–H groups in total. The van der Waals surface area contributed by atoms with E-state index < -0.39 is 11.1 Å². The predicted octanol–water partition coefficient (Wildman–Crippen LogP) is 4.25. The minimum Gasteiger partial charge on any atom is -0.440 e. The Bertz CT molecular complexity index is 1190. The Kier molecular flexibility index (Phi) is 6.52. The molecular weight excluding hydrogens is 453 g/mol. The molecule has 4 rings (SSSR count). The van der Waals surface area contributed by atoms with Gasteiger partial charge in [-0.2, -0.15) is 0 Å². The molecule has 7 nitrogen and oxygen atoms in total. The number of rotatable bonds is 7. The van der Waals surface area contributed by atoms with Gasteiger partial charge in [-0.15, -0.1) is 11.3 Å². The molecule has 0 aliphatic carbocycles. The standard InChI is InChI=1S/C22H18FN3O4S2/c1-13-16(25-20(30-13)17-3-2-10-31-17)12-19(27)24-8-9-26-21(28)18(32-22(26)29)11-14-4-6-15(23)7-5-14/h2-7,10-11H,8-9,12H2,1H3,(H,24,27)/b18-11-. The van der Waals surface area contributed by atoms with E-state index in [2.05, 4.69) is 10.3 Å². The van der Waals surface area contributed by atoms with Crippen LogP contribution in [0.25, 0.3) is 16.8 Å². The van der Waals surface area contributed by atoms with Crippen molar-refractivity contribution in [1.29, 1.82) is 0 Å². The summed E-state index contributed by atoms with van der Waals surface area (Å²) < 4.78 is 18.7.